The van der Waals surface area contributed by atoms with Gasteiger partial charge in [-0.25, -0.2) is 8.78 Å². The number of anilines is 1. The van der Waals surface area contributed by atoms with Crippen LogP contribution in [0.2, 0.25) is 0 Å². The zero-order valence-electron chi connectivity index (χ0n) is 11.3. The van der Waals surface area contributed by atoms with Crippen LogP contribution in [-0.2, 0) is 0 Å². The van der Waals surface area contributed by atoms with E-state index in [0.717, 1.165) is 11.6 Å². The molecule has 0 fully saturated rings. The minimum atomic E-state index is -0.680. The second kappa shape index (κ2) is 6.30. The van der Waals surface area contributed by atoms with Crippen LogP contribution in [0, 0.1) is 21.7 Å². The summed E-state index contributed by atoms with van der Waals surface area (Å²) in [5.74, 6) is -1.02. The molecule has 0 aliphatic carbocycles. The van der Waals surface area contributed by atoms with Gasteiger partial charge in [-0.2, -0.15) is 0 Å². The summed E-state index contributed by atoms with van der Waals surface area (Å²) in [5, 5.41) is 13.8. The maximum Gasteiger partial charge on any atom is 0.274 e. The van der Waals surface area contributed by atoms with Crippen molar-refractivity contribution < 1.29 is 13.7 Å². The number of non-ortho nitro benzene ring substituents is 1. The van der Waals surface area contributed by atoms with Crippen molar-refractivity contribution in [3.63, 3.8) is 0 Å². The summed E-state index contributed by atoms with van der Waals surface area (Å²) >= 11 is 0. The average Bonchev–Trinajstić information content (AvgIpc) is 2.45. The summed E-state index contributed by atoms with van der Waals surface area (Å²) in [5.41, 5.74) is 0.829. The third-order valence-corrected chi connectivity index (χ3v) is 3.11. The number of benzene rings is 2. The van der Waals surface area contributed by atoms with Crippen molar-refractivity contribution >= 4 is 11.4 Å². The van der Waals surface area contributed by atoms with E-state index in [1.54, 1.807) is 12.1 Å². The molecule has 4 nitrogen and oxygen atoms in total. The SMILES string of the molecule is CCC(Nc1cc(F)cc([N+](=O)[O-])c1)c1ccc(F)cc1. The van der Waals surface area contributed by atoms with Crippen LogP contribution in [0.3, 0.4) is 0 Å². The molecule has 0 aromatic heterocycles. The Morgan fingerprint density at radius 3 is 2.38 bits per heavy atom. The minimum Gasteiger partial charge on any atom is -0.378 e. The molecule has 110 valence electrons. The van der Waals surface area contributed by atoms with Crippen LogP contribution in [0.25, 0.3) is 0 Å². The number of nitrogens with zero attached hydrogens (tertiary/aromatic N) is 1. The molecule has 2 aromatic rings. The van der Waals surface area contributed by atoms with Crippen LogP contribution in [0.4, 0.5) is 20.2 Å². The first-order chi connectivity index (χ1) is 9.99. The molecule has 21 heavy (non-hydrogen) atoms. The summed E-state index contributed by atoms with van der Waals surface area (Å²) in [6.45, 7) is 1.91. The van der Waals surface area contributed by atoms with Crippen molar-refractivity contribution in [2.24, 2.45) is 0 Å². The molecule has 0 aliphatic heterocycles. The second-order valence-electron chi connectivity index (χ2n) is 4.61. The Hall–Kier alpha value is -2.50. The fourth-order valence-electron chi connectivity index (χ4n) is 2.08. The van der Waals surface area contributed by atoms with Gasteiger partial charge in [0.1, 0.15) is 11.6 Å². The van der Waals surface area contributed by atoms with Gasteiger partial charge in [0.05, 0.1) is 17.0 Å². The molecule has 0 bridgehead atoms. The molecule has 1 unspecified atom stereocenters. The minimum absolute atomic E-state index is 0.188. The normalized spacial score (nSPS) is 12.0. The summed E-state index contributed by atoms with van der Waals surface area (Å²) in [6, 6.07) is 9.08. The van der Waals surface area contributed by atoms with E-state index >= 15 is 0 Å². The lowest BCUT2D eigenvalue weighted by Crippen LogP contribution is -2.10. The van der Waals surface area contributed by atoms with E-state index in [9.17, 15) is 18.9 Å². The molecule has 0 spiro atoms. The highest BCUT2D eigenvalue weighted by atomic mass is 19.1. The molecule has 0 aliphatic rings. The highest BCUT2D eigenvalue weighted by Crippen LogP contribution is 2.26. The predicted molar refractivity (Wildman–Crippen MR) is 76.1 cm³/mol. The number of nitro benzene ring substituents is 1. The Kier molecular flexibility index (Phi) is 4.47. The number of nitro groups is 1. The third-order valence-electron chi connectivity index (χ3n) is 3.11. The maximum absolute atomic E-state index is 13.4. The van der Waals surface area contributed by atoms with Crippen molar-refractivity contribution in [3.8, 4) is 0 Å². The molecule has 0 saturated heterocycles. The molecular formula is C15H14F2N2O2. The monoisotopic (exact) mass is 292 g/mol. The quantitative estimate of drug-likeness (QED) is 0.655. The van der Waals surface area contributed by atoms with Gasteiger partial charge < -0.3 is 5.32 Å². The van der Waals surface area contributed by atoms with Gasteiger partial charge in [-0.15, -0.1) is 0 Å². The first-order valence-corrected chi connectivity index (χ1v) is 6.46. The highest BCUT2D eigenvalue weighted by Gasteiger charge is 2.14. The van der Waals surface area contributed by atoms with E-state index in [0.29, 0.717) is 12.1 Å². The Morgan fingerprint density at radius 2 is 1.81 bits per heavy atom. The van der Waals surface area contributed by atoms with E-state index in [2.05, 4.69) is 5.32 Å². The number of hydrogen-bond acceptors (Lipinski definition) is 3. The number of hydrogen-bond donors (Lipinski definition) is 1. The Labute approximate surface area is 120 Å². The lowest BCUT2D eigenvalue weighted by atomic mass is 10.0. The molecule has 0 radical (unpaired) electrons. The van der Waals surface area contributed by atoms with Gasteiger partial charge in [0.15, 0.2) is 0 Å². The van der Waals surface area contributed by atoms with Crippen LogP contribution >= 0.6 is 0 Å². The van der Waals surface area contributed by atoms with Crippen molar-refractivity contribution in [1.82, 2.24) is 0 Å². The third kappa shape index (κ3) is 3.75. The zero-order valence-corrected chi connectivity index (χ0v) is 11.3. The van der Waals surface area contributed by atoms with Gasteiger partial charge in [-0.05, 0) is 30.2 Å². The van der Waals surface area contributed by atoms with Crippen molar-refractivity contribution in [3.05, 3.63) is 69.8 Å². The molecule has 2 rings (SSSR count). The van der Waals surface area contributed by atoms with Crippen molar-refractivity contribution in [2.75, 3.05) is 5.32 Å². The largest absolute Gasteiger partial charge is 0.378 e. The van der Waals surface area contributed by atoms with Crippen molar-refractivity contribution in [1.29, 1.82) is 0 Å². The molecule has 0 amide bonds. The second-order valence-corrected chi connectivity index (χ2v) is 4.61. The molecule has 2 aromatic carbocycles. The Morgan fingerprint density at radius 1 is 1.14 bits per heavy atom. The van der Waals surface area contributed by atoms with E-state index in [4.69, 9.17) is 0 Å². The molecule has 1 atom stereocenters. The predicted octanol–water partition coefficient (Wildman–Crippen LogP) is 4.44. The zero-order chi connectivity index (χ0) is 15.4. The van der Waals surface area contributed by atoms with Crippen molar-refractivity contribution in [2.45, 2.75) is 19.4 Å². The summed E-state index contributed by atoms with van der Waals surface area (Å²) < 4.78 is 26.3. The lowest BCUT2D eigenvalue weighted by molar-refractivity contribution is -0.385. The van der Waals surface area contributed by atoms with E-state index in [-0.39, 0.29) is 17.5 Å². The number of rotatable bonds is 5. The smallest absolute Gasteiger partial charge is 0.274 e. The van der Waals surface area contributed by atoms with Gasteiger partial charge in [-0.1, -0.05) is 19.1 Å². The fourth-order valence-corrected chi connectivity index (χ4v) is 2.08. The van der Waals surface area contributed by atoms with Gasteiger partial charge in [0.25, 0.3) is 5.69 Å². The first kappa shape index (κ1) is 14.9. The average molecular weight is 292 g/mol. The van der Waals surface area contributed by atoms with Crippen LogP contribution in [0.1, 0.15) is 24.9 Å². The fraction of sp³-hybridized carbons (Fsp3) is 0.200. The van der Waals surface area contributed by atoms with Crippen LogP contribution in [-0.4, -0.2) is 4.92 Å². The molecule has 1 N–H and O–H groups in total. The van der Waals surface area contributed by atoms with Crippen LogP contribution in [0.15, 0.2) is 42.5 Å². The summed E-state index contributed by atoms with van der Waals surface area (Å²) in [4.78, 5) is 10.1. The lowest BCUT2D eigenvalue weighted by Gasteiger charge is -2.18. The van der Waals surface area contributed by atoms with E-state index in [1.807, 2.05) is 6.92 Å². The molecule has 6 heteroatoms. The summed E-state index contributed by atoms with van der Waals surface area (Å²) in [7, 11) is 0. The highest BCUT2D eigenvalue weighted by molar-refractivity contribution is 5.52. The first-order valence-electron chi connectivity index (χ1n) is 6.46. The molecule has 0 saturated carbocycles. The van der Waals surface area contributed by atoms with Crippen LogP contribution in [0.5, 0.6) is 0 Å². The van der Waals surface area contributed by atoms with Gasteiger partial charge in [0, 0.05) is 11.8 Å². The van der Waals surface area contributed by atoms with Gasteiger partial charge in [-0.3, -0.25) is 10.1 Å². The Bertz CT molecular complexity index is 645. The molecular weight excluding hydrogens is 278 g/mol. The van der Waals surface area contributed by atoms with Gasteiger partial charge >= 0.3 is 0 Å². The standard InChI is InChI=1S/C15H14F2N2O2/c1-2-15(10-3-5-11(16)6-4-10)18-13-7-12(17)8-14(9-13)19(20)21/h3-9,15,18H,2H2,1H3. The van der Waals surface area contributed by atoms with E-state index < -0.39 is 10.7 Å². The number of halogens is 2. The Balaban J connectivity index is 2.26. The maximum atomic E-state index is 13.4. The molecule has 0 heterocycles. The number of nitrogens with one attached hydrogen (secondary N) is 1. The topological polar surface area (TPSA) is 55.2 Å². The van der Waals surface area contributed by atoms with Gasteiger partial charge in [0.2, 0.25) is 0 Å². The van der Waals surface area contributed by atoms with E-state index in [1.165, 1.54) is 24.3 Å². The van der Waals surface area contributed by atoms with Crippen LogP contribution < -0.4 is 5.32 Å². The summed E-state index contributed by atoms with van der Waals surface area (Å²) in [6.07, 6.45) is 0.663.